The van der Waals surface area contributed by atoms with Gasteiger partial charge in [0.1, 0.15) is 12.3 Å². The van der Waals surface area contributed by atoms with Crippen LogP contribution in [0.25, 0.3) is 0 Å². The Labute approximate surface area is 148 Å². The van der Waals surface area contributed by atoms with Crippen LogP contribution in [0.5, 0.6) is 5.75 Å². The summed E-state index contributed by atoms with van der Waals surface area (Å²) in [6.07, 6.45) is -1.02. The minimum absolute atomic E-state index is 0.316. The zero-order valence-electron chi connectivity index (χ0n) is 13.8. The number of benzene rings is 1. The van der Waals surface area contributed by atoms with Crippen LogP contribution in [-0.4, -0.2) is 37.5 Å². The van der Waals surface area contributed by atoms with Crippen LogP contribution < -0.4 is 15.4 Å². The average Bonchev–Trinajstić information content (AvgIpc) is 3.14. The lowest BCUT2D eigenvalue weighted by Gasteiger charge is -2.15. The van der Waals surface area contributed by atoms with Crippen molar-refractivity contribution in [2.75, 3.05) is 19.0 Å². The molecule has 0 spiro atoms. The van der Waals surface area contributed by atoms with Crippen LogP contribution in [-0.2, 0) is 14.3 Å². The number of nitrogens with one attached hydrogen (secondary N) is 2. The minimum atomic E-state index is -1.02. The molecule has 0 radical (unpaired) electrons. The van der Waals surface area contributed by atoms with Crippen molar-refractivity contribution in [3.8, 4) is 5.75 Å². The van der Waals surface area contributed by atoms with E-state index in [1.807, 2.05) is 0 Å². The normalized spacial score (nSPS) is 11.3. The maximum Gasteiger partial charge on any atom is 0.326 e. The van der Waals surface area contributed by atoms with E-state index in [-0.39, 0.29) is 12.5 Å². The molecule has 132 valence electrons. The van der Waals surface area contributed by atoms with Gasteiger partial charge < -0.3 is 20.1 Å². The Morgan fingerprint density at radius 2 is 1.92 bits per heavy atom. The molecule has 25 heavy (non-hydrogen) atoms. The fraction of sp³-hybridized carbons (Fsp3) is 0.235. The Morgan fingerprint density at radius 1 is 1.16 bits per heavy atom. The highest BCUT2D eigenvalue weighted by Crippen LogP contribution is 2.23. The molecule has 0 unspecified atom stereocenters. The van der Waals surface area contributed by atoms with E-state index in [9.17, 15) is 14.4 Å². The van der Waals surface area contributed by atoms with Crippen LogP contribution in [0.15, 0.2) is 41.8 Å². The number of carbonyl (C=O) groups excluding carboxylic acids is 3. The molecule has 0 aliphatic heterocycles. The van der Waals surface area contributed by atoms with Crippen molar-refractivity contribution >= 4 is 34.8 Å². The molecule has 1 atom stereocenters. The van der Waals surface area contributed by atoms with Crippen molar-refractivity contribution < 1.29 is 23.9 Å². The molecule has 1 heterocycles. The maximum absolute atomic E-state index is 12.1. The van der Waals surface area contributed by atoms with Crippen LogP contribution >= 0.6 is 11.3 Å². The lowest BCUT2D eigenvalue weighted by Crippen LogP contribution is -2.35. The van der Waals surface area contributed by atoms with Gasteiger partial charge in [-0.15, -0.1) is 11.3 Å². The molecule has 2 rings (SSSR count). The number of hydrogen-bond acceptors (Lipinski definition) is 6. The minimum Gasteiger partial charge on any atom is -0.495 e. The smallest absolute Gasteiger partial charge is 0.326 e. The third kappa shape index (κ3) is 5.32. The van der Waals surface area contributed by atoms with Crippen molar-refractivity contribution in [2.24, 2.45) is 0 Å². The summed E-state index contributed by atoms with van der Waals surface area (Å²) < 4.78 is 10.2. The number of methoxy groups -OCH3 is 1. The molecule has 2 aromatic rings. The Bertz CT molecular complexity index is 745. The van der Waals surface area contributed by atoms with Gasteiger partial charge in [-0.2, -0.15) is 0 Å². The first kappa shape index (κ1) is 18.5. The van der Waals surface area contributed by atoms with Gasteiger partial charge >= 0.3 is 5.97 Å². The Morgan fingerprint density at radius 3 is 2.60 bits per heavy atom. The second kappa shape index (κ2) is 8.84. The molecular formula is C17H18N2O5S. The fourth-order valence-corrected chi connectivity index (χ4v) is 2.56. The molecule has 0 bridgehead atoms. The standard InChI is InChI=1S/C17H18N2O5S/c1-11(16(21)19-12-6-3-4-7-13(12)23-2)24-15(20)10-18-17(22)14-8-5-9-25-14/h3-9,11H,10H2,1-2H3,(H,18,22)(H,19,21)/t11-/m0/s1. The molecule has 1 aromatic heterocycles. The first-order chi connectivity index (χ1) is 12.0. The summed E-state index contributed by atoms with van der Waals surface area (Å²) in [6, 6.07) is 10.3. The SMILES string of the molecule is COc1ccccc1NC(=O)[C@H](C)OC(=O)CNC(=O)c1cccs1. The van der Waals surface area contributed by atoms with Gasteiger partial charge in [0.25, 0.3) is 11.8 Å². The maximum atomic E-state index is 12.1. The van der Waals surface area contributed by atoms with E-state index >= 15 is 0 Å². The lowest BCUT2D eigenvalue weighted by atomic mass is 10.2. The van der Waals surface area contributed by atoms with Crippen molar-refractivity contribution in [3.63, 3.8) is 0 Å². The monoisotopic (exact) mass is 362 g/mol. The van der Waals surface area contributed by atoms with Crippen molar-refractivity contribution in [3.05, 3.63) is 46.7 Å². The summed E-state index contributed by atoms with van der Waals surface area (Å²) in [5, 5.41) is 6.83. The molecule has 0 aliphatic rings. The molecule has 2 N–H and O–H groups in total. The largest absolute Gasteiger partial charge is 0.495 e. The molecule has 0 saturated carbocycles. The van der Waals surface area contributed by atoms with E-state index in [0.29, 0.717) is 16.3 Å². The van der Waals surface area contributed by atoms with Crippen LogP contribution in [0.2, 0.25) is 0 Å². The quantitative estimate of drug-likeness (QED) is 0.736. The second-order valence-electron chi connectivity index (χ2n) is 4.98. The number of amides is 2. The van der Waals surface area contributed by atoms with Gasteiger partial charge in [-0.05, 0) is 30.5 Å². The molecule has 7 nitrogen and oxygen atoms in total. The Hall–Kier alpha value is -2.87. The summed E-state index contributed by atoms with van der Waals surface area (Å²) >= 11 is 1.27. The third-order valence-electron chi connectivity index (χ3n) is 3.18. The predicted octanol–water partition coefficient (Wildman–Crippen LogP) is 2.06. The Balaban J connectivity index is 1.82. The zero-order chi connectivity index (χ0) is 18.2. The summed E-state index contributed by atoms with van der Waals surface area (Å²) in [5.74, 6) is -1.06. The van der Waals surface area contributed by atoms with E-state index in [2.05, 4.69) is 10.6 Å². The molecular weight excluding hydrogens is 344 g/mol. The van der Waals surface area contributed by atoms with Gasteiger partial charge in [-0.25, -0.2) is 0 Å². The van der Waals surface area contributed by atoms with Gasteiger partial charge in [0.15, 0.2) is 6.10 Å². The fourth-order valence-electron chi connectivity index (χ4n) is 1.92. The van der Waals surface area contributed by atoms with E-state index in [1.54, 1.807) is 41.8 Å². The number of esters is 1. The molecule has 2 amide bonds. The van der Waals surface area contributed by atoms with Gasteiger partial charge in [-0.3, -0.25) is 14.4 Å². The molecule has 0 fully saturated rings. The predicted molar refractivity (Wildman–Crippen MR) is 93.8 cm³/mol. The van der Waals surface area contributed by atoms with Crippen molar-refractivity contribution in [1.29, 1.82) is 0 Å². The topological polar surface area (TPSA) is 93.7 Å². The van der Waals surface area contributed by atoms with Crippen molar-refractivity contribution in [2.45, 2.75) is 13.0 Å². The number of anilines is 1. The Kier molecular flexibility index (Phi) is 6.53. The van der Waals surface area contributed by atoms with Crippen LogP contribution in [0, 0.1) is 0 Å². The summed E-state index contributed by atoms with van der Waals surface area (Å²) in [4.78, 5) is 36.1. The number of rotatable bonds is 7. The van der Waals surface area contributed by atoms with Crippen LogP contribution in [0.3, 0.4) is 0 Å². The molecule has 0 saturated heterocycles. The molecule has 0 aliphatic carbocycles. The van der Waals surface area contributed by atoms with Gasteiger partial charge in [0, 0.05) is 0 Å². The first-order valence-electron chi connectivity index (χ1n) is 7.46. The summed E-state index contributed by atoms with van der Waals surface area (Å²) in [7, 11) is 1.49. The number of para-hydroxylation sites is 2. The zero-order valence-corrected chi connectivity index (χ0v) is 14.6. The van der Waals surface area contributed by atoms with Crippen LogP contribution in [0.1, 0.15) is 16.6 Å². The second-order valence-corrected chi connectivity index (χ2v) is 5.93. The highest BCUT2D eigenvalue weighted by atomic mass is 32.1. The first-order valence-corrected chi connectivity index (χ1v) is 8.34. The summed E-state index contributed by atoms with van der Waals surface area (Å²) in [5.41, 5.74) is 0.476. The number of hydrogen-bond donors (Lipinski definition) is 2. The number of thiophene rings is 1. The lowest BCUT2D eigenvalue weighted by molar-refractivity contribution is -0.152. The van der Waals surface area contributed by atoms with E-state index in [0.717, 1.165) is 0 Å². The van der Waals surface area contributed by atoms with Gasteiger partial charge in [0.2, 0.25) is 0 Å². The average molecular weight is 362 g/mol. The summed E-state index contributed by atoms with van der Waals surface area (Å²) in [6.45, 7) is 1.13. The van der Waals surface area contributed by atoms with Gasteiger partial charge in [0.05, 0.1) is 17.7 Å². The number of carbonyl (C=O) groups is 3. The van der Waals surface area contributed by atoms with Crippen LogP contribution in [0.4, 0.5) is 5.69 Å². The molecule has 8 heteroatoms. The van der Waals surface area contributed by atoms with Crippen molar-refractivity contribution in [1.82, 2.24) is 5.32 Å². The van der Waals surface area contributed by atoms with E-state index in [4.69, 9.17) is 9.47 Å². The van der Waals surface area contributed by atoms with E-state index < -0.39 is 18.0 Å². The van der Waals surface area contributed by atoms with Gasteiger partial charge in [-0.1, -0.05) is 18.2 Å². The van der Waals surface area contributed by atoms with E-state index in [1.165, 1.54) is 25.4 Å². The highest BCUT2D eigenvalue weighted by molar-refractivity contribution is 7.12. The third-order valence-corrected chi connectivity index (χ3v) is 4.05. The highest BCUT2D eigenvalue weighted by Gasteiger charge is 2.19. The number of ether oxygens (including phenoxy) is 2. The molecule has 1 aromatic carbocycles.